The number of aryl methyl sites for hydroxylation is 1. The molecule has 3 rings (SSSR count). The van der Waals surface area contributed by atoms with Crippen molar-refractivity contribution in [3.8, 4) is 11.5 Å². The van der Waals surface area contributed by atoms with Crippen LogP contribution in [0.2, 0.25) is 0 Å². The van der Waals surface area contributed by atoms with Gasteiger partial charge in [-0.3, -0.25) is 9.59 Å². The molecule has 0 unspecified atom stereocenters. The van der Waals surface area contributed by atoms with Crippen LogP contribution in [0, 0.1) is 6.92 Å². The average Bonchev–Trinajstić information content (AvgIpc) is 2.99. The van der Waals surface area contributed by atoms with Gasteiger partial charge in [0.25, 0.3) is 5.91 Å². The zero-order valence-electron chi connectivity index (χ0n) is 18.0. The third kappa shape index (κ3) is 5.47. The van der Waals surface area contributed by atoms with E-state index in [0.29, 0.717) is 40.4 Å². The Morgan fingerprint density at radius 3 is 2.53 bits per heavy atom. The molecule has 1 aliphatic rings. The first-order valence-corrected chi connectivity index (χ1v) is 10.9. The maximum absolute atomic E-state index is 12.8. The lowest BCUT2D eigenvalue weighted by Gasteiger charge is -2.13. The molecule has 168 valence electrons. The highest BCUT2D eigenvalue weighted by Crippen LogP contribution is 2.34. The molecule has 2 aromatic rings. The molecular formula is C23H24BrN3O5. The van der Waals surface area contributed by atoms with E-state index >= 15 is 0 Å². The summed E-state index contributed by atoms with van der Waals surface area (Å²) in [6.45, 7) is 6.12. The first-order valence-electron chi connectivity index (χ1n) is 10.1. The summed E-state index contributed by atoms with van der Waals surface area (Å²) >= 11 is 3.45. The van der Waals surface area contributed by atoms with E-state index in [4.69, 9.17) is 9.47 Å². The van der Waals surface area contributed by atoms with Crippen molar-refractivity contribution in [2.75, 3.05) is 25.1 Å². The van der Waals surface area contributed by atoms with E-state index in [0.717, 1.165) is 10.5 Å². The minimum absolute atomic E-state index is 0.0513. The molecule has 4 amide bonds. The highest BCUT2D eigenvalue weighted by atomic mass is 79.9. The molecule has 0 bridgehead atoms. The van der Waals surface area contributed by atoms with Crippen molar-refractivity contribution in [1.29, 1.82) is 0 Å². The second-order valence-electron chi connectivity index (χ2n) is 6.98. The maximum Gasteiger partial charge on any atom is 0.329 e. The van der Waals surface area contributed by atoms with Gasteiger partial charge in [0, 0.05) is 17.3 Å². The lowest BCUT2D eigenvalue weighted by atomic mass is 10.1. The number of nitrogens with one attached hydrogen (secondary N) is 2. The Kier molecular flexibility index (Phi) is 7.53. The van der Waals surface area contributed by atoms with E-state index in [1.807, 2.05) is 32.9 Å². The first-order chi connectivity index (χ1) is 15.3. The molecule has 1 fully saturated rings. The quantitative estimate of drug-likeness (QED) is 0.419. The fourth-order valence-corrected chi connectivity index (χ4v) is 3.62. The molecule has 32 heavy (non-hydrogen) atoms. The monoisotopic (exact) mass is 501 g/mol. The molecule has 2 N–H and O–H groups in total. The van der Waals surface area contributed by atoms with Crippen LogP contribution in [0.1, 0.15) is 25.0 Å². The third-order valence-corrected chi connectivity index (χ3v) is 5.15. The molecular weight excluding hydrogens is 478 g/mol. The Balaban J connectivity index is 1.79. The average molecular weight is 502 g/mol. The molecule has 1 saturated heterocycles. The van der Waals surface area contributed by atoms with E-state index in [1.165, 1.54) is 6.08 Å². The van der Waals surface area contributed by atoms with E-state index in [1.54, 1.807) is 24.3 Å². The molecule has 8 nitrogen and oxygen atoms in total. The van der Waals surface area contributed by atoms with Crippen LogP contribution < -0.4 is 20.1 Å². The minimum Gasteiger partial charge on any atom is -0.493 e. The lowest BCUT2D eigenvalue weighted by molar-refractivity contribution is -0.127. The topological polar surface area (TPSA) is 97.0 Å². The molecule has 9 heteroatoms. The summed E-state index contributed by atoms with van der Waals surface area (Å²) in [5, 5.41) is 5.22. The number of imide groups is 1. The number of anilines is 1. The standard InChI is InChI=1S/C23H24BrN3O5/c1-4-31-19-12-20(32-5-2)17(24)10-15(19)11-18-22(29)27(23(30)26-18)13-21(28)25-16-8-6-7-14(3)9-16/h6-12H,4-5,13H2,1-3H3,(H,25,28)(H,26,30)/b18-11+. The molecule has 1 aliphatic heterocycles. The zero-order valence-corrected chi connectivity index (χ0v) is 19.6. The van der Waals surface area contributed by atoms with Crippen molar-refractivity contribution in [3.05, 3.63) is 57.7 Å². The molecule has 0 aliphatic carbocycles. The summed E-state index contributed by atoms with van der Waals surface area (Å²) in [6.07, 6.45) is 1.52. The van der Waals surface area contributed by atoms with Crippen molar-refractivity contribution in [1.82, 2.24) is 10.2 Å². The van der Waals surface area contributed by atoms with E-state index < -0.39 is 24.4 Å². The van der Waals surface area contributed by atoms with Crippen LogP contribution in [-0.2, 0) is 9.59 Å². The second-order valence-corrected chi connectivity index (χ2v) is 7.84. The van der Waals surface area contributed by atoms with Gasteiger partial charge in [-0.2, -0.15) is 0 Å². The summed E-state index contributed by atoms with van der Waals surface area (Å²) in [5.41, 5.74) is 2.21. The van der Waals surface area contributed by atoms with Crippen molar-refractivity contribution in [2.24, 2.45) is 0 Å². The van der Waals surface area contributed by atoms with Gasteiger partial charge < -0.3 is 20.1 Å². The van der Waals surface area contributed by atoms with Crippen molar-refractivity contribution in [2.45, 2.75) is 20.8 Å². The van der Waals surface area contributed by atoms with Crippen LogP contribution in [-0.4, -0.2) is 42.5 Å². The Hall–Kier alpha value is -3.33. The predicted molar refractivity (Wildman–Crippen MR) is 125 cm³/mol. The Morgan fingerprint density at radius 2 is 1.84 bits per heavy atom. The molecule has 0 aromatic heterocycles. The van der Waals surface area contributed by atoms with Crippen LogP contribution >= 0.6 is 15.9 Å². The number of halogens is 1. The molecule has 1 heterocycles. The summed E-state index contributed by atoms with van der Waals surface area (Å²) in [4.78, 5) is 38.4. The number of ether oxygens (including phenoxy) is 2. The molecule has 0 saturated carbocycles. The number of rotatable bonds is 8. The van der Waals surface area contributed by atoms with Gasteiger partial charge in [0.1, 0.15) is 23.7 Å². The summed E-state index contributed by atoms with van der Waals surface area (Å²) in [7, 11) is 0. The van der Waals surface area contributed by atoms with Gasteiger partial charge in [0.2, 0.25) is 5.91 Å². The lowest BCUT2D eigenvalue weighted by Crippen LogP contribution is -2.38. The predicted octanol–water partition coefficient (Wildman–Crippen LogP) is 4.09. The summed E-state index contributed by atoms with van der Waals surface area (Å²) in [5.74, 6) is 0.0414. The number of carbonyl (C=O) groups is 3. The Bertz CT molecular complexity index is 1080. The van der Waals surface area contributed by atoms with Gasteiger partial charge in [0.05, 0.1) is 17.7 Å². The number of hydrogen-bond acceptors (Lipinski definition) is 5. The fourth-order valence-electron chi connectivity index (χ4n) is 3.15. The van der Waals surface area contributed by atoms with Crippen LogP contribution in [0.5, 0.6) is 11.5 Å². The highest BCUT2D eigenvalue weighted by Gasteiger charge is 2.35. The minimum atomic E-state index is -0.663. The van der Waals surface area contributed by atoms with Crippen molar-refractivity contribution in [3.63, 3.8) is 0 Å². The molecule has 0 spiro atoms. The number of urea groups is 1. The summed E-state index contributed by atoms with van der Waals surface area (Å²) < 4.78 is 11.9. The largest absolute Gasteiger partial charge is 0.493 e. The second kappa shape index (κ2) is 10.3. The maximum atomic E-state index is 12.8. The first kappa shape index (κ1) is 23.3. The number of carbonyl (C=O) groups excluding carboxylic acids is 3. The number of nitrogens with zero attached hydrogens (tertiary/aromatic N) is 1. The number of amides is 4. The van der Waals surface area contributed by atoms with E-state index in [-0.39, 0.29) is 5.70 Å². The van der Waals surface area contributed by atoms with E-state index in [9.17, 15) is 14.4 Å². The van der Waals surface area contributed by atoms with E-state index in [2.05, 4.69) is 26.6 Å². The molecule has 2 aromatic carbocycles. The summed E-state index contributed by atoms with van der Waals surface area (Å²) in [6, 6.07) is 10.1. The normalized spacial score (nSPS) is 14.5. The molecule has 0 atom stereocenters. The van der Waals surface area contributed by atoms with Crippen LogP contribution in [0.3, 0.4) is 0 Å². The zero-order chi connectivity index (χ0) is 23.3. The van der Waals surface area contributed by atoms with Crippen LogP contribution in [0.15, 0.2) is 46.6 Å². The fraction of sp³-hybridized carbons (Fsp3) is 0.261. The van der Waals surface area contributed by atoms with Crippen molar-refractivity contribution >= 4 is 45.5 Å². The van der Waals surface area contributed by atoms with Gasteiger partial charge >= 0.3 is 6.03 Å². The smallest absolute Gasteiger partial charge is 0.329 e. The van der Waals surface area contributed by atoms with Crippen LogP contribution in [0.25, 0.3) is 6.08 Å². The van der Waals surface area contributed by atoms with Gasteiger partial charge in [-0.05, 0) is 66.5 Å². The Morgan fingerprint density at radius 1 is 1.12 bits per heavy atom. The van der Waals surface area contributed by atoms with Gasteiger partial charge in [-0.15, -0.1) is 0 Å². The van der Waals surface area contributed by atoms with Crippen molar-refractivity contribution < 1.29 is 23.9 Å². The SMILES string of the molecule is CCOc1cc(OCC)c(/C=C2/NC(=O)N(CC(=O)Nc3cccc(C)c3)C2=O)cc1Br. The highest BCUT2D eigenvalue weighted by molar-refractivity contribution is 9.10. The van der Waals surface area contributed by atoms with Gasteiger partial charge in [-0.25, -0.2) is 9.69 Å². The Labute approximate surface area is 194 Å². The number of benzene rings is 2. The third-order valence-electron chi connectivity index (χ3n) is 4.53. The van der Waals surface area contributed by atoms with Gasteiger partial charge in [0.15, 0.2) is 0 Å². The van der Waals surface area contributed by atoms with Crippen LogP contribution in [0.4, 0.5) is 10.5 Å². The number of hydrogen-bond donors (Lipinski definition) is 2. The molecule has 0 radical (unpaired) electrons. The van der Waals surface area contributed by atoms with Gasteiger partial charge in [-0.1, -0.05) is 12.1 Å².